The molecular weight excluding hydrogens is 496 g/mol. The van der Waals surface area contributed by atoms with Gasteiger partial charge in [-0.2, -0.15) is 0 Å². The summed E-state index contributed by atoms with van der Waals surface area (Å²) in [6.07, 6.45) is 3.96. The molecule has 41 heavy (non-hydrogen) atoms. The van der Waals surface area contributed by atoms with E-state index >= 15 is 0 Å². The maximum atomic E-state index is 3.15. The topological polar surface area (TPSA) is 19.1 Å². The summed E-state index contributed by atoms with van der Waals surface area (Å²) in [5.74, 6) is 0. The first-order valence-electron chi connectivity index (χ1n) is 14.1. The Labute approximate surface area is 237 Å². The fraction of sp³-hybridized carbons (Fsp3) is 0. The highest BCUT2D eigenvalue weighted by molar-refractivity contribution is 6.18. The van der Waals surface area contributed by atoms with Crippen molar-refractivity contribution in [3.63, 3.8) is 0 Å². The van der Waals surface area contributed by atoms with Crippen LogP contribution in [0.2, 0.25) is 0 Å². The van der Waals surface area contributed by atoms with E-state index in [1.807, 2.05) is 12.4 Å². The van der Waals surface area contributed by atoms with Crippen molar-refractivity contribution < 1.29 is 4.98 Å². The van der Waals surface area contributed by atoms with Gasteiger partial charge in [-0.05, 0) is 73.5 Å². The van der Waals surface area contributed by atoms with Crippen molar-refractivity contribution in [1.29, 1.82) is 0 Å². The van der Waals surface area contributed by atoms with E-state index in [1.165, 1.54) is 77.1 Å². The number of pyridine rings is 1. The molecule has 0 saturated heterocycles. The lowest BCUT2D eigenvalue weighted by molar-refractivity contribution is -0.377. The van der Waals surface area contributed by atoms with Crippen LogP contribution in [0.15, 0.2) is 146 Å². The molecule has 0 saturated carbocycles. The summed E-state index contributed by atoms with van der Waals surface area (Å²) in [6.45, 7) is 0. The largest absolute Gasteiger partial charge is 0.309 e. The van der Waals surface area contributed by atoms with E-state index in [0.717, 1.165) is 5.69 Å². The first kappa shape index (κ1) is 22.4. The summed E-state index contributed by atoms with van der Waals surface area (Å²) in [5, 5.41) is 5.22. The van der Waals surface area contributed by atoms with Crippen LogP contribution in [-0.2, 0) is 0 Å². The van der Waals surface area contributed by atoms with E-state index in [0.29, 0.717) is 0 Å². The van der Waals surface area contributed by atoms with Gasteiger partial charge >= 0.3 is 0 Å². The number of hydrogen-bond acceptors (Lipinski definition) is 0. The number of rotatable bonds is 3. The molecule has 8 aromatic rings. The summed E-state index contributed by atoms with van der Waals surface area (Å²) in [5.41, 5.74) is 13.9. The summed E-state index contributed by atoms with van der Waals surface area (Å²) < 4.78 is 2.35. The zero-order valence-electron chi connectivity index (χ0n) is 22.3. The summed E-state index contributed by atoms with van der Waals surface area (Å²) in [6, 6.07) is 48.9. The van der Waals surface area contributed by atoms with E-state index in [9.17, 15) is 0 Å². The van der Waals surface area contributed by atoms with Gasteiger partial charge in [0.15, 0.2) is 12.4 Å². The van der Waals surface area contributed by atoms with Crippen LogP contribution >= 0.6 is 0 Å². The minimum atomic E-state index is 1.15. The Morgan fingerprint density at radius 3 is 1.83 bits per heavy atom. The Bertz CT molecular complexity index is 2260. The lowest BCUT2D eigenvalue weighted by Crippen LogP contribution is -2.01. The molecule has 6 aromatic carbocycles. The number of aromatic amines is 1. The van der Waals surface area contributed by atoms with Crippen molar-refractivity contribution in [1.82, 2.24) is 4.57 Å². The SMILES string of the molecule is c1ccc2c(c1)-c1cccc3c(-c4ccc(-c5ccc6c(c5)c5ccccc5n6-c5cc[nH+]cc5)cc4)ccc-2c13. The molecule has 0 atom stereocenters. The van der Waals surface area contributed by atoms with Crippen LogP contribution in [0.1, 0.15) is 0 Å². The van der Waals surface area contributed by atoms with Gasteiger partial charge in [-0.1, -0.05) is 103 Å². The quantitative estimate of drug-likeness (QED) is 0.220. The molecule has 2 heterocycles. The monoisotopic (exact) mass is 521 g/mol. The van der Waals surface area contributed by atoms with Crippen LogP contribution in [0.4, 0.5) is 0 Å². The van der Waals surface area contributed by atoms with Crippen molar-refractivity contribution in [3.8, 4) is 50.2 Å². The molecule has 0 amide bonds. The summed E-state index contributed by atoms with van der Waals surface area (Å²) in [7, 11) is 0. The first-order valence-corrected chi connectivity index (χ1v) is 14.1. The molecule has 0 aliphatic heterocycles. The van der Waals surface area contributed by atoms with E-state index in [1.54, 1.807) is 0 Å². The van der Waals surface area contributed by atoms with Crippen molar-refractivity contribution in [3.05, 3.63) is 146 Å². The number of aromatic nitrogens is 2. The third-order valence-corrected chi connectivity index (χ3v) is 8.71. The van der Waals surface area contributed by atoms with Crippen molar-refractivity contribution in [2.45, 2.75) is 0 Å². The van der Waals surface area contributed by atoms with Gasteiger partial charge in [-0.25, -0.2) is 4.98 Å². The molecule has 0 unspecified atom stereocenters. The van der Waals surface area contributed by atoms with E-state index in [4.69, 9.17) is 0 Å². The van der Waals surface area contributed by atoms with Gasteiger partial charge in [-0.15, -0.1) is 0 Å². The number of H-pyrrole nitrogens is 1. The number of benzene rings is 6. The smallest absolute Gasteiger partial charge is 0.169 e. The van der Waals surface area contributed by atoms with E-state index in [2.05, 4.69) is 143 Å². The number of hydrogen-bond donors (Lipinski definition) is 0. The van der Waals surface area contributed by atoms with E-state index < -0.39 is 0 Å². The minimum absolute atomic E-state index is 1.15. The lowest BCUT2D eigenvalue weighted by Gasteiger charge is -2.11. The Kier molecular flexibility index (Phi) is 4.64. The van der Waals surface area contributed by atoms with Crippen molar-refractivity contribution in [2.75, 3.05) is 0 Å². The first-order chi connectivity index (χ1) is 20.3. The van der Waals surface area contributed by atoms with Gasteiger partial charge in [0.2, 0.25) is 0 Å². The minimum Gasteiger partial charge on any atom is -0.309 e. The lowest BCUT2D eigenvalue weighted by atomic mass is 9.93. The maximum Gasteiger partial charge on any atom is 0.169 e. The fourth-order valence-electron chi connectivity index (χ4n) is 6.86. The molecule has 9 rings (SSSR count). The van der Waals surface area contributed by atoms with Gasteiger partial charge in [0.05, 0.1) is 16.7 Å². The third-order valence-electron chi connectivity index (χ3n) is 8.71. The van der Waals surface area contributed by atoms with E-state index in [-0.39, 0.29) is 0 Å². The molecule has 190 valence electrons. The number of fused-ring (bicyclic) bond motifs is 6. The van der Waals surface area contributed by atoms with Gasteiger partial charge in [0, 0.05) is 22.9 Å². The average Bonchev–Trinajstić information content (AvgIpc) is 3.56. The van der Waals surface area contributed by atoms with Crippen LogP contribution in [0.3, 0.4) is 0 Å². The molecule has 0 spiro atoms. The standard InChI is InChI=1S/C39H24N2/c1-2-7-31-30(6-1)34-10-5-9-33-29(17-18-35(31)39(33)34)26-14-12-25(13-15-26)27-16-19-38-36(24-27)32-8-3-4-11-37(32)41(38)28-20-22-40-23-21-28/h1-24H/p+1. The molecule has 1 N–H and O–H groups in total. The van der Waals surface area contributed by atoms with Crippen LogP contribution in [0.5, 0.6) is 0 Å². The average molecular weight is 522 g/mol. The van der Waals surface area contributed by atoms with Crippen LogP contribution in [0, 0.1) is 0 Å². The summed E-state index contributed by atoms with van der Waals surface area (Å²) >= 11 is 0. The second-order valence-electron chi connectivity index (χ2n) is 10.9. The number of nitrogens with zero attached hydrogens (tertiary/aromatic N) is 1. The Hall–Kier alpha value is -5.47. The molecular formula is C39H25N2+. The van der Waals surface area contributed by atoms with Gasteiger partial charge < -0.3 is 4.57 Å². The Morgan fingerprint density at radius 2 is 1.00 bits per heavy atom. The molecule has 2 heteroatoms. The molecule has 0 radical (unpaired) electrons. The highest BCUT2D eigenvalue weighted by atomic mass is 15.0. The predicted octanol–water partition coefficient (Wildman–Crippen LogP) is 9.73. The molecule has 1 aliphatic carbocycles. The third kappa shape index (κ3) is 3.22. The maximum absolute atomic E-state index is 3.15. The highest BCUT2D eigenvalue weighted by Gasteiger charge is 2.22. The fourth-order valence-corrected chi connectivity index (χ4v) is 6.86. The molecule has 0 bridgehead atoms. The molecule has 2 nitrogen and oxygen atoms in total. The Balaban J connectivity index is 1.15. The van der Waals surface area contributed by atoms with Gasteiger partial charge in [0.25, 0.3) is 0 Å². The zero-order valence-corrected chi connectivity index (χ0v) is 22.3. The number of para-hydroxylation sites is 1. The molecule has 1 aliphatic rings. The Morgan fingerprint density at radius 1 is 0.390 bits per heavy atom. The number of nitrogens with one attached hydrogen (secondary N) is 1. The second-order valence-corrected chi connectivity index (χ2v) is 10.9. The normalized spacial score (nSPS) is 11.9. The van der Waals surface area contributed by atoms with Gasteiger partial charge in [-0.3, -0.25) is 0 Å². The van der Waals surface area contributed by atoms with Crippen LogP contribution in [-0.4, -0.2) is 4.57 Å². The summed E-state index contributed by atoms with van der Waals surface area (Å²) in [4.78, 5) is 3.15. The highest BCUT2D eigenvalue weighted by Crippen LogP contribution is 2.49. The molecule has 0 fully saturated rings. The zero-order chi connectivity index (χ0) is 26.9. The molecule has 2 aromatic heterocycles. The van der Waals surface area contributed by atoms with Crippen LogP contribution in [0.25, 0.3) is 82.8 Å². The van der Waals surface area contributed by atoms with Gasteiger partial charge in [0.1, 0.15) is 0 Å². The van der Waals surface area contributed by atoms with Crippen molar-refractivity contribution >= 4 is 32.6 Å². The second kappa shape index (κ2) is 8.51. The predicted molar refractivity (Wildman–Crippen MR) is 170 cm³/mol. The van der Waals surface area contributed by atoms with Crippen molar-refractivity contribution in [2.24, 2.45) is 0 Å². The van der Waals surface area contributed by atoms with Crippen LogP contribution < -0.4 is 4.98 Å².